The second-order valence-electron chi connectivity index (χ2n) is 11.4. The summed E-state index contributed by atoms with van der Waals surface area (Å²) in [7, 11) is 0. The van der Waals surface area contributed by atoms with E-state index in [0.29, 0.717) is 35.5 Å². The fraction of sp³-hybridized carbons (Fsp3) is 0.958. The van der Waals surface area contributed by atoms with Gasteiger partial charge in [-0.1, -0.05) is 20.8 Å². The minimum atomic E-state index is -0.684. The third kappa shape index (κ3) is 3.14. The van der Waals surface area contributed by atoms with Gasteiger partial charge in [0.2, 0.25) is 0 Å². The van der Waals surface area contributed by atoms with E-state index in [4.69, 9.17) is 5.11 Å². The Kier molecular flexibility index (Phi) is 5.36. The van der Waals surface area contributed by atoms with E-state index in [9.17, 15) is 15.0 Å². The predicted molar refractivity (Wildman–Crippen MR) is 109 cm³/mol. The van der Waals surface area contributed by atoms with E-state index in [-0.39, 0.29) is 29.5 Å². The van der Waals surface area contributed by atoms with Crippen LogP contribution in [0.15, 0.2) is 0 Å². The lowest BCUT2D eigenvalue weighted by Gasteiger charge is -2.62. The molecule has 4 rings (SSSR count). The van der Waals surface area contributed by atoms with Gasteiger partial charge in [0.05, 0.1) is 12.2 Å². The Morgan fingerprint density at radius 3 is 2.39 bits per heavy atom. The quantitative estimate of drug-likeness (QED) is 0.659. The maximum Gasteiger partial charge on any atom is 0.303 e. The highest BCUT2D eigenvalue weighted by Gasteiger charge is 2.62. The van der Waals surface area contributed by atoms with E-state index in [1.165, 1.54) is 25.7 Å². The Bertz CT molecular complexity index is 605. The number of aliphatic hydroxyl groups is 2. The van der Waals surface area contributed by atoms with E-state index in [2.05, 4.69) is 20.8 Å². The molecule has 4 heteroatoms. The zero-order valence-corrected chi connectivity index (χ0v) is 17.9. The van der Waals surface area contributed by atoms with Gasteiger partial charge in [-0.15, -0.1) is 0 Å². The molecule has 4 saturated carbocycles. The fourth-order valence-corrected chi connectivity index (χ4v) is 8.73. The molecule has 3 N–H and O–H groups in total. The van der Waals surface area contributed by atoms with E-state index < -0.39 is 5.97 Å². The van der Waals surface area contributed by atoms with Crippen LogP contribution >= 0.6 is 0 Å². The summed E-state index contributed by atoms with van der Waals surface area (Å²) < 4.78 is 0. The van der Waals surface area contributed by atoms with Crippen LogP contribution in [0.5, 0.6) is 0 Å². The monoisotopic (exact) mass is 392 g/mol. The standard InChI is InChI=1S/C24H40O4/c1-14(4-7-21(27)28)17-5-6-18-22-19(9-11-24(17,18)3)23(2)10-8-16(25)12-15(23)13-20(22)26/h14-20,22,25-26H,4-13H2,1-3H3,(H,27,28)/t14-,15+,16-,17-,18+,19+,20+,22+,23-,24+/m0/s1. The third-order valence-electron chi connectivity index (χ3n) is 10.2. The normalized spacial score (nSPS) is 51.7. The second kappa shape index (κ2) is 7.27. The number of carboxylic acid groups (broad SMARTS) is 1. The van der Waals surface area contributed by atoms with Gasteiger partial charge in [-0.2, -0.15) is 0 Å². The average molecular weight is 393 g/mol. The molecular weight excluding hydrogens is 352 g/mol. The molecular formula is C24H40O4. The van der Waals surface area contributed by atoms with Gasteiger partial charge in [-0.05, 0) is 104 Å². The lowest BCUT2D eigenvalue weighted by Crippen LogP contribution is -2.58. The lowest BCUT2D eigenvalue weighted by molar-refractivity contribution is -0.174. The van der Waals surface area contributed by atoms with E-state index in [1.54, 1.807) is 0 Å². The summed E-state index contributed by atoms with van der Waals surface area (Å²) in [5.74, 6) is 2.36. The van der Waals surface area contributed by atoms with Crippen molar-refractivity contribution in [3.8, 4) is 0 Å². The molecule has 0 radical (unpaired) electrons. The highest BCUT2D eigenvalue weighted by Crippen LogP contribution is 2.68. The fourth-order valence-electron chi connectivity index (χ4n) is 8.73. The number of carboxylic acids is 1. The highest BCUT2D eigenvalue weighted by atomic mass is 16.4. The van der Waals surface area contributed by atoms with Crippen LogP contribution in [0.2, 0.25) is 0 Å². The van der Waals surface area contributed by atoms with Gasteiger partial charge < -0.3 is 15.3 Å². The van der Waals surface area contributed by atoms with Crippen molar-refractivity contribution in [3.63, 3.8) is 0 Å². The minimum Gasteiger partial charge on any atom is -0.481 e. The summed E-state index contributed by atoms with van der Waals surface area (Å²) >= 11 is 0. The second-order valence-corrected chi connectivity index (χ2v) is 11.4. The molecule has 0 aromatic heterocycles. The number of hydrogen-bond acceptors (Lipinski definition) is 3. The number of hydrogen-bond donors (Lipinski definition) is 3. The SMILES string of the molecule is C[C@@H](CCC(=O)O)[C@@H]1CC[C@@H]2[C@H]3[C@H](O)C[C@H]4C[C@@H](O)CC[C@]4(C)[C@@H]3CC[C@@]21C. The van der Waals surface area contributed by atoms with Crippen molar-refractivity contribution < 1.29 is 20.1 Å². The Labute approximate surface area is 170 Å². The van der Waals surface area contributed by atoms with Crippen LogP contribution < -0.4 is 0 Å². The summed E-state index contributed by atoms with van der Waals surface area (Å²) in [6.07, 6.45) is 9.19. The summed E-state index contributed by atoms with van der Waals surface area (Å²) in [4.78, 5) is 11.1. The minimum absolute atomic E-state index is 0.179. The zero-order valence-electron chi connectivity index (χ0n) is 17.9. The molecule has 4 aliphatic rings. The van der Waals surface area contributed by atoms with Gasteiger partial charge in [-0.25, -0.2) is 0 Å². The summed E-state index contributed by atoms with van der Waals surface area (Å²) in [6.45, 7) is 7.16. The lowest BCUT2D eigenvalue weighted by atomic mass is 9.43. The maximum absolute atomic E-state index is 11.2. The number of fused-ring (bicyclic) bond motifs is 5. The van der Waals surface area contributed by atoms with Crippen LogP contribution in [0.3, 0.4) is 0 Å². The molecule has 10 atom stereocenters. The van der Waals surface area contributed by atoms with Crippen LogP contribution in [-0.4, -0.2) is 33.5 Å². The van der Waals surface area contributed by atoms with Crippen molar-refractivity contribution >= 4 is 5.97 Å². The molecule has 4 aliphatic carbocycles. The zero-order chi connectivity index (χ0) is 20.3. The molecule has 0 spiro atoms. The van der Waals surface area contributed by atoms with Crippen molar-refractivity contribution in [1.29, 1.82) is 0 Å². The first-order valence-corrected chi connectivity index (χ1v) is 11.7. The summed E-state index contributed by atoms with van der Waals surface area (Å²) in [5, 5.41) is 30.5. The average Bonchev–Trinajstić information content (AvgIpc) is 2.98. The number of aliphatic hydroxyl groups excluding tert-OH is 2. The van der Waals surface area contributed by atoms with Crippen molar-refractivity contribution in [2.45, 2.75) is 97.2 Å². The molecule has 0 saturated heterocycles. The van der Waals surface area contributed by atoms with Crippen LogP contribution in [0, 0.1) is 46.3 Å². The Morgan fingerprint density at radius 2 is 1.68 bits per heavy atom. The number of aliphatic carboxylic acids is 1. The summed E-state index contributed by atoms with van der Waals surface area (Å²) in [5.41, 5.74) is 0.523. The number of rotatable bonds is 4. The molecule has 4 nitrogen and oxygen atoms in total. The smallest absolute Gasteiger partial charge is 0.303 e. The van der Waals surface area contributed by atoms with Gasteiger partial charge in [0.15, 0.2) is 0 Å². The van der Waals surface area contributed by atoms with E-state index >= 15 is 0 Å². The van der Waals surface area contributed by atoms with Crippen molar-refractivity contribution in [2.75, 3.05) is 0 Å². The molecule has 0 aliphatic heterocycles. The van der Waals surface area contributed by atoms with Crippen LogP contribution in [0.1, 0.15) is 85.0 Å². The third-order valence-corrected chi connectivity index (χ3v) is 10.2. The topological polar surface area (TPSA) is 77.8 Å². The maximum atomic E-state index is 11.2. The van der Waals surface area contributed by atoms with Crippen LogP contribution in [0.4, 0.5) is 0 Å². The van der Waals surface area contributed by atoms with E-state index in [1.807, 2.05) is 0 Å². The molecule has 0 amide bonds. The molecule has 0 heterocycles. The molecule has 0 aromatic rings. The van der Waals surface area contributed by atoms with Crippen molar-refractivity contribution in [2.24, 2.45) is 46.3 Å². The van der Waals surface area contributed by atoms with Crippen LogP contribution in [-0.2, 0) is 4.79 Å². The van der Waals surface area contributed by atoms with Gasteiger partial charge in [-0.3, -0.25) is 4.79 Å². The van der Waals surface area contributed by atoms with Gasteiger partial charge >= 0.3 is 5.97 Å². The first-order valence-electron chi connectivity index (χ1n) is 11.7. The first-order chi connectivity index (χ1) is 13.2. The Balaban J connectivity index is 1.55. The number of carbonyl (C=O) groups is 1. The van der Waals surface area contributed by atoms with Gasteiger partial charge in [0.25, 0.3) is 0 Å². The molecule has 4 fully saturated rings. The van der Waals surface area contributed by atoms with Gasteiger partial charge in [0, 0.05) is 6.42 Å². The largest absolute Gasteiger partial charge is 0.481 e. The van der Waals surface area contributed by atoms with Crippen LogP contribution in [0.25, 0.3) is 0 Å². The van der Waals surface area contributed by atoms with Crippen molar-refractivity contribution in [1.82, 2.24) is 0 Å². The Hall–Kier alpha value is -0.610. The predicted octanol–water partition coefficient (Wildman–Crippen LogP) is 4.48. The van der Waals surface area contributed by atoms with Crippen molar-refractivity contribution in [3.05, 3.63) is 0 Å². The molecule has 0 bridgehead atoms. The molecule has 0 unspecified atom stereocenters. The molecule has 28 heavy (non-hydrogen) atoms. The summed E-state index contributed by atoms with van der Waals surface area (Å²) in [6, 6.07) is 0. The molecule has 160 valence electrons. The Morgan fingerprint density at radius 1 is 1.00 bits per heavy atom. The molecule has 0 aromatic carbocycles. The van der Waals surface area contributed by atoms with Gasteiger partial charge in [0.1, 0.15) is 0 Å². The van der Waals surface area contributed by atoms with E-state index in [0.717, 1.165) is 32.1 Å². The highest BCUT2D eigenvalue weighted by molar-refractivity contribution is 5.66. The first kappa shape index (κ1) is 20.7.